The monoisotopic (exact) mass is 225 g/mol. The van der Waals surface area contributed by atoms with Crippen molar-refractivity contribution in [2.45, 2.75) is 6.42 Å². The molecule has 0 saturated carbocycles. The molecule has 1 heterocycles. The van der Waals surface area contributed by atoms with E-state index in [1.165, 1.54) is 11.1 Å². The molecule has 0 aliphatic carbocycles. The first-order valence-corrected chi connectivity index (χ1v) is 5.60. The summed E-state index contributed by atoms with van der Waals surface area (Å²) in [6.07, 6.45) is 6.29. The number of pyridine rings is 1. The van der Waals surface area contributed by atoms with Gasteiger partial charge in [0.25, 0.3) is 0 Å². The fourth-order valence-electron chi connectivity index (χ4n) is 1.60. The van der Waals surface area contributed by atoms with Crippen LogP contribution in [-0.2, 0) is 6.42 Å². The number of benzene rings is 1. The third-order valence-electron chi connectivity index (χ3n) is 2.45. The Kier molecular flexibility index (Phi) is 3.92. The van der Waals surface area contributed by atoms with Crippen LogP contribution in [0.1, 0.15) is 11.1 Å². The van der Waals surface area contributed by atoms with Crippen LogP contribution in [0.15, 0.2) is 61.4 Å². The van der Waals surface area contributed by atoms with Crippen LogP contribution in [0.5, 0.6) is 5.75 Å². The van der Waals surface area contributed by atoms with Gasteiger partial charge in [0.15, 0.2) is 0 Å². The smallest absolute Gasteiger partial charge is 0.119 e. The minimum absolute atomic E-state index is 0.545. The van der Waals surface area contributed by atoms with Gasteiger partial charge in [-0.3, -0.25) is 4.98 Å². The van der Waals surface area contributed by atoms with Crippen LogP contribution in [0.2, 0.25) is 0 Å². The quantitative estimate of drug-likeness (QED) is 0.729. The van der Waals surface area contributed by atoms with Crippen LogP contribution in [0.3, 0.4) is 0 Å². The molecule has 0 N–H and O–H groups in total. The van der Waals surface area contributed by atoms with Gasteiger partial charge in [-0.15, -0.1) is 0 Å². The molecule has 0 aliphatic heterocycles. The minimum Gasteiger partial charge on any atom is -0.490 e. The van der Waals surface area contributed by atoms with Gasteiger partial charge in [-0.05, 0) is 41.8 Å². The van der Waals surface area contributed by atoms with Crippen molar-refractivity contribution in [3.05, 3.63) is 72.6 Å². The Morgan fingerprint density at radius 1 is 1.00 bits per heavy atom. The first kappa shape index (κ1) is 11.4. The molecule has 2 aromatic rings. The van der Waals surface area contributed by atoms with Gasteiger partial charge in [0, 0.05) is 12.4 Å². The highest BCUT2D eigenvalue weighted by molar-refractivity contribution is 5.30. The van der Waals surface area contributed by atoms with E-state index in [0.29, 0.717) is 6.61 Å². The highest BCUT2D eigenvalue weighted by Gasteiger charge is 1.97. The van der Waals surface area contributed by atoms with Crippen molar-refractivity contribution in [2.75, 3.05) is 6.61 Å². The first-order chi connectivity index (χ1) is 8.38. The molecule has 0 unspecified atom stereocenters. The van der Waals surface area contributed by atoms with E-state index in [4.69, 9.17) is 4.74 Å². The predicted octanol–water partition coefficient (Wildman–Crippen LogP) is 3.24. The second-order valence-electron chi connectivity index (χ2n) is 3.78. The Hall–Kier alpha value is -2.09. The zero-order valence-electron chi connectivity index (χ0n) is 9.67. The Morgan fingerprint density at radius 3 is 2.29 bits per heavy atom. The van der Waals surface area contributed by atoms with E-state index in [9.17, 15) is 0 Å². The largest absolute Gasteiger partial charge is 0.490 e. The molecule has 0 saturated heterocycles. The zero-order valence-corrected chi connectivity index (χ0v) is 9.67. The van der Waals surface area contributed by atoms with Crippen molar-refractivity contribution >= 4 is 0 Å². The summed E-state index contributed by atoms with van der Waals surface area (Å²) < 4.78 is 5.43. The van der Waals surface area contributed by atoms with Gasteiger partial charge < -0.3 is 4.74 Å². The van der Waals surface area contributed by atoms with Crippen molar-refractivity contribution < 1.29 is 4.74 Å². The molecule has 0 aliphatic rings. The van der Waals surface area contributed by atoms with Crippen LogP contribution >= 0.6 is 0 Å². The molecule has 2 heteroatoms. The number of nitrogens with zero attached hydrogens (tertiary/aromatic N) is 1. The summed E-state index contributed by atoms with van der Waals surface area (Å²) in [5.74, 6) is 0.878. The number of ether oxygens (including phenoxy) is 1. The third kappa shape index (κ3) is 3.45. The summed E-state index contributed by atoms with van der Waals surface area (Å²) in [6.45, 7) is 4.16. The summed E-state index contributed by atoms with van der Waals surface area (Å²) in [4.78, 5) is 4.01. The fraction of sp³-hybridized carbons (Fsp3) is 0.133. The SMILES string of the molecule is C=CCOc1ccc(Cc2ccncc2)cc1. The van der Waals surface area contributed by atoms with Gasteiger partial charge in [-0.2, -0.15) is 0 Å². The molecule has 0 atom stereocenters. The lowest BCUT2D eigenvalue weighted by Gasteiger charge is -2.05. The van der Waals surface area contributed by atoms with Gasteiger partial charge in [-0.1, -0.05) is 24.8 Å². The number of rotatable bonds is 5. The maximum Gasteiger partial charge on any atom is 0.119 e. The lowest BCUT2D eigenvalue weighted by molar-refractivity contribution is 0.363. The second kappa shape index (κ2) is 5.85. The number of hydrogen-bond acceptors (Lipinski definition) is 2. The van der Waals surface area contributed by atoms with Gasteiger partial charge in [0.05, 0.1) is 0 Å². The fourth-order valence-corrected chi connectivity index (χ4v) is 1.60. The van der Waals surface area contributed by atoms with E-state index < -0.39 is 0 Å². The lowest BCUT2D eigenvalue weighted by atomic mass is 10.1. The molecular formula is C15H15NO. The highest BCUT2D eigenvalue weighted by atomic mass is 16.5. The van der Waals surface area contributed by atoms with Crippen molar-refractivity contribution in [3.63, 3.8) is 0 Å². The van der Waals surface area contributed by atoms with Gasteiger partial charge in [0.1, 0.15) is 12.4 Å². The predicted molar refractivity (Wildman–Crippen MR) is 69.2 cm³/mol. The van der Waals surface area contributed by atoms with E-state index in [1.54, 1.807) is 6.08 Å². The molecule has 1 aromatic heterocycles. The molecule has 2 nitrogen and oxygen atoms in total. The molecule has 17 heavy (non-hydrogen) atoms. The lowest BCUT2D eigenvalue weighted by Crippen LogP contribution is -1.93. The zero-order chi connectivity index (χ0) is 11.9. The van der Waals surface area contributed by atoms with E-state index in [0.717, 1.165) is 12.2 Å². The Labute approximate surface area is 102 Å². The van der Waals surface area contributed by atoms with Crippen molar-refractivity contribution in [3.8, 4) is 5.75 Å². The summed E-state index contributed by atoms with van der Waals surface area (Å²) in [5.41, 5.74) is 2.53. The average molecular weight is 225 g/mol. The standard InChI is InChI=1S/C15H15NO/c1-2-11-17-15-5-3-13(4-6-15)12-14-7-9-16-10-8-14/h2-10H,1,11-12H2. The Balaban J connectivity index is 2.01. The van der Waals surface area contributed by atoms with Gasteiger partial charge >= 0.3 is 0 Å². The molecule has 0 amide bonds. The first-order valence-electron chi connectivity index (χ1n) is 5.60. The topological polar surface area (TPSA) is 22.1 Å². The van der Waals surface area contributed by atoms with Gasteiger partial charge in [-0.25, -0.2) is 0 Å². The summed E-state index contributed by atoms with van der Waals surface area (Å²) in [5, 5.41) is 0. The van der Waals surface area contributed by atoms with E-state index in [1.807, 2.05) is 36.7 Å². The van der Waals surface area contributed by atoms with Crippen LogP contribution in [0.25, 0.3) is 0 Å². The van der Waals surface area contributed by atoms with Crippen molar-refractivity contribution in [1.29, 1.82) is 0 Å². The van der Waals surface area contributed by atoms with Crippen LogP contribution in [0, 0.1) is 0 Å². The van der Waals surface area contributed by atoms with Gasteiger partial charge in [0.2, 0.25) is 0 Å². The van der Waals surface area contributed by atoms with Crippen molar-refractivity contribution in [2.24, 2.45) is 0 Å². The molecule has 86 valence electrons. The molecule has 0 bridgehead atoms. The van der Waals surface area contributed by atoms with Crippen LogP contribution in [-0.4, -0.2) is 11.6 Å². The Bertz CT molecular complexity index is 462. The van der Waals surface area contributed by atoms with Crippen LogP contribution in [0.4, 0.5) is 0 Å². The maximum absolute atomic E-state index is 5.43. The molecular weight excluding hydrogens is 210 g/mol. The number of aromatic nitrogens is 1. The normalized spacial score (nSPS) is 9.88. The minimum atomic E-state index is 0.545. The summed E-state index contributed by atoms with van der Waals surface area (Å²) >= 11 is 0. The van der Waals surface area contributed by atoms with E-state index >= 15 is 0 Å². The summed E-state index contributed by atoms with van der Waals surface area (Å²) in [7, 11) is 0. The molecule has 0 fully saturated rings. The third-order valence-corrected chi connectivity index (χ3v) is 2.45. The Morgan fingerprint density at radius 2 is 1.65 bits per heavy atom. The average Bonchev–Trinajstić information content (AvgIpc) is 2.39. The molecule has 1 aromatic carbocycles. The second-order valence-corrected chi connectivity index (χ2v) is 3.78. The van der Waals surface area contributed by atoms with E-state index in [-0.39, 0.29) is 0 Å². The molecule has 0 spiro atoms. The highest BCUT2D eigenvalue weighted by Crippen LogP contribution is 2.14. The number of hydrogen-bond donors (Lipinski definition) is 0. The molecule has 0 radical (unpaired) electrons. The maximum atomic E-state index is 5.43. The van der Waals surface area contributed by atoms with Crippen LogP contribution < -0.4 is 4.74 Å². The van der Waals surface area contributed by atoms with E-state index in [2.05, 4.69) is 23.7 Å². The summed E-state index contributed by atoms with van der Waals surface area (Å²) in [6, 6.07) is 12.2. The van der Waals surface area contributed by atoms with Crippen molar-refractivity contribution in [1.82, 2.24) is 4.98 Å². The molecule has 2 rings (SSSR count).